The van der Waals surface area contributed by atoms with Crippen molar-refractivity contribution in [3.05, 3.63) is 69.4 Å². The van der Waals surface area contributed by atoms with E-state index < -0.39 is 46.0 Å². The van der Waals surface area contributed by atoms with Crippen molar-refractivity contribution in [1.29, 1.82) is 0 Å². The molecule has 3 N–H and O–H groups in total. The molecule has 1 saturated heterocycles. The molecule has 9 heteroatoms. The second-order valence-electron chi connectivity index (χ2n) is 14.7. The molecule has 0 amide bonds. The Bertz CT molecular complexity index is 1750. The second kappa shape index (κ2) is 11.1. The summed E-state index contributed by atoms with van der Waals surface area (Å²) in [6, 6.07) is 0. The van der Waals surface area contributed by atoms with E-state index in [1.807, 2.05) is 46.8 Å². The van der Waals surface area contributed by atoms with Crippen LogP contribution in [0.1, 0.15) is 95.6 Å². The van der Waals surface area contributed by atoms with Gasteiger partial charge in [0, 0.05) is 35.0 Å². The summed E-state index contributed by atoms with van der Waals surface area (Å²) >= 11 is 0. The Hall–Kier alpha value is -3.95. The third-order valence-electron chi connectivity index (χ3n) is 10.7. The van der Waals surface area contributed by atoms with Gasteiger partial charge in [-0.15, -0.1) is 0 Å². The Morgan fingerprint density at radius 3 is 2.43 bits per heavy atom. The zero-order valence-corrected chi connectivity index (χ0v) is 28.2. The van der Waals surface area contributed by atoms with E-state index >= 15 is 0 Å². The minimum absolute atomic E-state index is 0.00307. The number of fused-ring (bicyclic) bond motifs is 2. The van der Waals surface area contributed by atoms with Gasteiger partial charge in [0.25, 0.3) is 0 Å². The molecule has 1 spiro atoms. The number of ketones is 2. The number of phenolic OH excluding ortho intramolecular Hbond substituents is 1. The monoisotopic (exact) mass is 644 g/mol. The van der Waals surface area contributed by atoms with Crippen molar-refractivity contribution in [2.24, 2.45) is 11.8 Å². The van der Waals surface area contributed by atoms with E-state index in [0.29, 0.717) is 35.3 Å². The average Bonchev–Trinajstić information content (AvgIpc) is 3.16. The second-order valence-corrected chi connectivity index (χ2v) is 14.7. The number of rotatable bonds is 9. The van der Waals surface area contributed by atoms with Crippen molar-refractivity contribution in [2.45, 2.75) is 103 Å². The average molecular weight is 645 g/mol. The highest BCUT2D eigenvalue weighted by molar-refractivity contribution is 6.19. The van der Waals surface area contributed by atoms with Gasteiger partial charge in [-0.2, -0.15) is 0 Å². The summed E-state index contributed by atoms with van der Waals surface area (Å²) in [7, 11) is 0. The van der Waals surface area contributed by atoms with Crippen LogP contribution in [0.25, 0.3) is 6.08 Å². The zero-order chi connectivity index (χ0) is 34.3. The van der Waals surface area contributed by atoms with Gasteiger partial charge < -0.3 is 29.5 Å². The first-order valence-electron chi connectivity index (χ1n) is 16.3. The lowest BCUT2D eigenvalue weighted by atomic mass is 9.51. The summed E-state index contributed by atoms with van der Waals surface area (Å²) in [5.74, 6) is -2.63. The van der Waals surface area contributed by atoms with Crippen LogP contribution in [0.3, 0.4) is 0 Å². The first kappa shape index (κ1) is 33.0. The number of hydrogen-bond donors (Lipinski definition) is 3. The van der Waals surface area contributed by atoms with Crippen LogP contribution in [-0.2, 0) is 20.7 Å². The van der Waals surface area contributed by atoms with Crippen molar-refractivity contribution in [3.8, 4) is 17.2 Å². The molecular formula is C38H44O9. The summed E-state index contributed by atoms with van der Waals surface area (Å²) < 4.78 is 20.5. The molecule has 0 unspecified atom stereocenters. The molecule has 250 valence electrons. The summed E-state index contributed by atoms with van der Waals surface area (Å²) in [5, 5.41) is 31.3. The van der Waals surface area contributed by atoms with Crippen molar-refractivity contribution in [3.63, 3.8) is 0 Å². The van der Waals surface area contributed by atoms with Crippen LogP contribution in [0.15, 0.2) is 52.7 Å². The number of Topliss-reactive ketones (excluding diaryl/α,β-unsaturated/α-hetero) is 2. The number of aliphatic carboxylic acids is 1. The molecule has 7 rings (SSSR count). The van der Waals surface area contributed by atoms with Crippen molar-refractivity contribution < 1.29 is 43.9 Å². The molecule has 3 heterocycles. The van der Waals surface area contributed by atoms with E-state index in [4.69, 9.17) is 14.2 Å². The Morgan fingerprint density at radius 1 is 1.04 bits per heavy atom. The number of ether oxygens (including phenoxy) is 3. The zero-order valence-electron chi connectivity index (χ0n) is 28.2. The van der Waals surface area contributed by atoms with Gasteiger partial charge in [0.1, 0.15) is 28.4 Å². The maximum Gasteiger partial charge on any atom is 0.330 e. The van der Waals surface area contributed by atoms with Crippen molar-refractivity contribution in [2.75, 3.05) is 6.61 Å². The number of carboxylic acid groups (broad SMARTS) is 1. The predicted octanol–water partition coefficient (Wildman–Crippen LogP) is 6.21. The van der Waals surface area contributed by atoms with Gasteiger partial charge in [-0.3, -0.25) is 9.59 Å². The molecule has 3 aliphatic heterocycles. The van der Waals surface area contributed by atoms with Crippen LogP contribution in [0.5, 0.6) is 17.2 Å². The lowest BCUT2D eigenvalue weighted by Gasteiger charge is -2.56. The molecule has 0 radical (unpaired) electrons. The number of aliphatic hydroxyl groups excluding tert-OH is 1. The number of benzene rings is 1. The topological polar surface area (TPSA) is 140 Å². The first-order valence-corrected chi connectivity index (χ1v) is 16.3. The number of hydrogen-bond acceptors (Lipinski definition) is 8. The Kier molecular flexibility index (Phi) is 7.76. The molecule has 5 atom stereocenters. The van der Waals surface area contributed by atoms with Gasteiger partial charge in [-0.1, -0.05) is 35.5 Å². The normalized spacial score (nSPS) is 31.4. The molecule has 9 nitrogen and oxygen atoms in total. The maximum atomic E-state index is 14.7. The van der Waals surface area contributed by atoms with E-state index in [1.165, 1.54) is 18.6 Å². The molecule has 4 bridgehead atoms. The lowest BCUT2D eigenvalue weighted by Crippen LogP contribution is -2.72. The number of carbonyl (C=O) groups excluding carboxylic acids is 2. The molecular weight excluding hydrogens is 600 g/mol. The van der Waals surface area contributed by atoms with Crippen LogP contribution in [-0.4, -0.2) is 61.9 Å². The van der Waals surface area contributed by atoms with Gasteiger partial charge in [0.05, 0.1) is 17.8 Å². The standard InChI is InChI=1S/C38H44O9/c1-20(2)9-8-14-36(7)15-13-24-29(40)28-30(41)26-17-23-18-27-35(5,6)47-37(33(23)42,16-12-22(4)34(43)44)38(26,27)46-32(28)25(31(24)45-36)11-10-21(3)19-39/h9-10,12-13,15,17,23,27,39-40H,8,11,14,16,18-19H2,1-7H3,(H,43,44)/b21-10+,22-12-/t23-,27-,36+,37-,38+/m0/s1. The molecule has 0 aromatic heterocycles. The quantitative estimate of drug-likeness (QED) is 0.211. The number of aromatic hydroxyl groups is 1. The number of phenols is 1. The fraction of sp³-hybridized carbons (Fsp3) is 0.500. The van der Waals surface area contributed by atoms with Crippen LogP contribution in [0.2, 0.25) is 0 Å². The smallest absolute Gasteiger partial charge is 0.330 e. The predicted molar refractivity (Wildman–Crippen MR) is 176 cm³/mol. The van der Waals surface area contributed by atoms with Crippen LogP contribution < -0.4 is 9.47 Å². The van der Waals surface area contributed by atoms with Gasteiger partial charge >= 0.3 is 5.97 Å². The minimum atomic E-state index is -1.67. The largest absolute Gasteiger partial charge is 0.506 e. The molecule has 1 aromatic rings. The first-order chi connectivity index (χ1) is 22.0. The lowest BCUT2D eigenvalue weighted by molar-refractivity contribution is -0.171. The van der Waals surface area contributed by atoms with Crippen LogP contribution in [0.4, 0.5) is 0 Å². The van der Waals surface area contributed by atoms with E-state index in [9.17, 15) is 29.7 Å². The maximum absolute atomic E-state index is 14.7. The van der Waals surface area contributed by atoms with E-state index in [1.54, 1.807) is 19.1 Å². The molecule has 1 aromatic carbocycles. The fourth-order valence-electron chi connectivity index (χ4n) is 8.21. The number of carbonyl (C=O) groups is 3. The Balaban J connectivity index is 1.59. The number of carboxylic acids is 1. The van der Waals surface area contributed by atoms with Crippen LogP contribution in [0, 0.1) is 11.8 Å². The van der Waals surface area contributed by atoms with E-state index in [0.717, 1.165) is 6.42 Å². The third kappa shape index (κ3) is 4.76. The molecule has 1 saturated carbocycles. The van der Waals surface area contributed by atoms with Gasteiger partial charge in [0.15, 0.2) is 22.8 Å². The summed E-state index contributed by atoms with van der Waals surface area (Å²) in [5.41, 5.74) is -1.78. The van der Waals surface area contributed by atoms with E-state index in [2.05, 4.69) is 6.08 Å². The van der Waals surface area contributed by atoms with Gasteiger partial charge in [0.2, 0.25) is 0 Å². The number of aliphatic hydroxyl groups is 1. The number of allylic oxidation sites excluding steroid dienone is 4. The molecule has 3 aliphatic carbocycles. The van der Waals surface area contributed by atoms with Crippen LogP contribution >= 0.6 is 0 Å². The Labute approximate surface area is 275 Å². The minimum Gasteiger partial charge on any atom is -0.506 e. The summed E-state index contributed by atoms with van der Waals surface area (Å²) in [6.45, 7) is 12.9. The van der Waals surface area contributed by atoms with Gasteiger partial charge in [-0.05, 0) is 86.3 Å². The SMILES string of the molecule is CC(C)=CCC[C@]1(C)C=Cc2c(O)c3c(c(C/C=C(\C)CO)c2O1)O[C@]12C(=C[C@H]4C[C@H]1C(C)(C)O[C@@]2(C/C=C(/C)C(=O)O)C4=O)C3=O. The third-order valence-corrected chi connectivity index (χ3v) is 10.7. The highest BCUT2D eigenvalue weighted by atomic mass is 16.6. The van der Waals surface area contributed by atoms with Gasteiger partial charge in [-0.25, -0.2) is 4.79 Å². The summed E-state index contributed by atoms with van der Waals surface area (Å²) in [4.78, 5) is 40.8. The molecule has 47 heavy (non-hydrogen) atoms. The molecule has 2 fully saturated rings. The highest BCUT2D eigenvalue weighted by Crippen LogP contribution is 2.68. The fourth-order valence-corrected chi connectivity index (χ4v) is 8.21. The van der Waals surface area contributed by atoms with Crippen molar-refractivity contribution in [1.82, 2.24) is 0 Å². The summed E-state index contributed by atoms with van der Waals surface area (Å²) in [6.07, 6.45) is 12.7. The Morgan fingerprint density at radius 2 is 1.77 bits per heavy atom. The van der Waals surface area contributed by atoms with E-state index in [-0.39, 0.29) is 53.4 Å². The molecule has 6 aliphatic rings. The van der Waals surface area contributed by atoms with Crippen molar-refractivity contribution >= 4 is 23.6 Å². The highest BCUT2D eigenvalue weighted by Gasteiger charge is 2.81.